The van der Waals surface area contributed by atoms with Crippen molar-refractivity contribution in [2.75, 3.05) is 19.8 Å². The van der Waals surface area contributed by atoms with Crippen molar-refractivity contribution in [2.24, 2.45) is 11.8 Å². The Balaban J connectivity index is 1.54. The Bertz CT molecular complexity index is 244. The van der Waals surface area contributed by atoms with Crippen LogP contribution in [0.2, 0.25) is 0 Å². The van der Waals surface area contributed by atoms with E-state index in [-0.39, 0.29) is 11.7 Å². The highest BCUT2D eigenvalue weighted by molar-refractivity contribution is 4.92. The molecule has 3 atom stereocenters. The summed E-state index contributed by atoms with van der Waals surface area (Å²) in [5.74, 6) is 1.25. The number of ether oxygens (including phenoxy) is 2. The molecule has 3 rings (SSSR count). The molecule has 3 fully saturated rings. The van der Waals surface area contributed by atoms with E-state index in [4.69, 9.17) is 9.47 Å². The molecule has 2 heterocycles. The molecule has 0 radical (unpaired) electrons. The van der Waals surface area contributed by atoms with Crippen LogP contribution in [0.5, 0.6) is 0 Å². The second-order valence-corrected chi connectivity index (χ2v) is 5.83. The Morgan fingerprint density at radius 2 is 2.12 bits per heavy atom. The lowest BCUT2D eigenvalue weighted by Gasteiger charge is -2.37. The number of aliphatic hydroxyl groups is 1. The van der Waals surface area contributed by atoms with Gasteiger partial charge in [-0.2, -0.15) is 0 Å². The molecular weight excluding hydrogens is 204 g/mol. The van der Waals surface area contributed by atoms with Crippen molar-refractivity contribution < 1.29 is 14.6 Å². The fraction of sp³-hybridized carbons (Fsp3) is 1.00. The van der Waals surface area contributed by atoms with Crippen LogP contribution in [0.25, 0.3) is 0 Å². The van der Waals surface area contributed by atoms with Gasteiger partial charge in [0.2, 0.25) is 0 Å². The lowest BCUT2D eigenvalue weighted by atomic mass is 9.82. The number of hydrogen-bond acceptors (Lipinski definition) is 3. The average molecular weight is 226 g/mol. The van der Waals surface area contributed by atoms with Crippen molar-refractivity contribution >= 4 is 0 Å². The summed E-state index contributed by atoms with van der Waals surface area (Å²) in [5.41, 5.74) is 0.00614. The second-order valence-electron chi connectivity index (χ2n) is 5.83. The Labute approximate surface area is 97.1 Å². The zero-order valence-electron chi connectivity index (χ0n) is 9.86. The van der Waals surface area contributed by atoms with Gasteiger partial charge < -0.3 is 14.6 Å². The van der Waals surface area contributed by atoms with Gasteiger partial charge in [0.15, 0.2) is 0 Å². The predicted octanol–water partition coefficient (Wildman–Crippen LogP) is 1.73. The Kier molecular flexibility index (Phi) is 2.94. The molecule has 3 unspecified atom stereocenters. The largest absolute Gasteiger partial charge is 0.393 e. The zero-order chi connectivity index (χ0) is 11.0. The predicted molar refractivity (Wildman–Crippen MR) is 60.2 cm³/mol. The molecule has 0 amide bonds. The van der Waals surface area contributed by atoms with E-state index in [9.17, 15) is 5.11 Å². The third-order valence-corrected chi connectivity index (χ3v) is 4.40. The fourth-order valence-corrected chi connectivity index (χ4v) is 3.21. The molecule has 1 N–H and O–H groups in total. The van der Waals surface area contributed by atoms with Crippen molar-refractivity contribution in [1.29, 1.82) is 0 Å². The van der Waals surface area contributed by atoms with Gasteiger partial charge in [-0.15, -0.1) is 0 Å². The summed E-state index contributed by atoms with van der Waals surface area (Å²) < 4.78 is 11.4. The quantitative estimate of drug-likeness (QED) is 0.796. The van der Waals surface area contributed by atoms with Crippen molar-refractivity contribution in [3.8, 4) is 0 Å². The van der Waals surface area contributed by atoms with Crippen LogP contribution in [0.3, 0.4) is 0 Å². The smallest absolute Gasteiger partial charge is 0.0939 e. The molecular formula is C13H22O3. The van der Waals surface area contributed by atoms with Gasteiger partial charge in [0.05, 0.1) is 18.3 Å². The third kappa shape index (κ3) is 2.27. The molecule has 3 aliphatic rings. The molecule has 1 saturated carbocycles. The molecule has 0 aromatic heterocycles. The highest BCUT2D eigenvalue weighted by Gasteiger charge is 2.42. The molecule has 0 aromatic carbocycles. The fourth-order valence-electron chi connectivity index (χ4n) is 3.21. The minimum Gasteiger partial charge on any atom is -0.393 e. The molecule has 16 heavy (non-hydrogen) atoms. The first-order chi connectivity index (χ1) is 7.77. The summed E-state index contributed by atoms with van der Waals surface area (Å²) in [4.78, 5) is 0. The summed E-state index contributed by atoms with van der Waals surface area (Å²) in [5, 5.41) is 10.0. The lowest BCUT2D eigenvalue weighted by molar-refractivity contribution is -0.103. The van der Waals surface area contributed by atoms with E-state index in [1.54, 1.807) is 0 Å². The Morgan fingerprint density at radius 3 is 2.81 bits per heavy atom. The first-order valence-electron chi connectivity index (χ1n) is 6.67. The van der Waals surface area contributed by atoms with Gasteiger partial charge in [-0.3, -0.25) is 0 Å². The van der Waals surface area contributed by atoms with Crippen LogP contribution in [-0.4, -0.2) is 36.6 Å². The van der Waals surface area contributed by atoms with Crippen molar-refractivity contribution in [1.82, 2.24) is 0 Å². The highest BCUT2D eigenvalue weighted by atomic mass is 16.6. The van der Waals surface area contributed by atoms with E-state index in [0.29, 0.717) is 11.8 Å². The standard InChI is InChI=1S/C13H22O3/c14-12(11-1-2-11)7-10-3-5-16-13(8-10)4-6-15-9-13/h10-12,14H,1-9H2. The summed E-state index contributed by atoms with van der Waals surface area (Å²) in [7, 11) is 0. The molecule has 92 valence electrons. The maximum absolute atomic E-state index is 10.0. The van der Waals surface area contributed by atoms with E-state index in [2.05, 4.69) is 0 Å². The van der Waals surface area contributed by atoms with Gasteiger partial charge in [-0.1, -0.05) is 0 Å². The van der Waals surface area contributed by atoms with Crippen molar-refractivity contribution in [3.05, 3.63) is 0 Å². The molecule has 1 aliphatic carbocycles. The van der Waals surface area contributed by atoms with E-state index in [1.807, 2.05) is 0 Å². The van der Waals surface area contributed by atoms with E-state index in [1.165, 1.54) is 12.8 Å². The molecule has 0 aromatic rings. The maximum atomic E-state index is 10.0. The van der Waals surface area contributed by atoms with Gasteiger partial charge in [-0.05, 0) is 43.9 Å². The van der Waals surface area contributed by atoms with Gasteiger partial charge in [0.25, 0.3) is 0 Å². The van der Waals surface area contributed by atoms with Crippen LogP contribution in [0, 0.1) is 11.8 Å². The molecule has 3 nitrogen and oxygen atoms in total. The minimum atomic E-state index is -0.0533. The van der Waals surface area contributed by atoms with Crippen LogP contribution in [0.15, 0.2) is 0 Å². The summed E-state index contributed by atoms with van der Waals surface area (Å²) in [6.45, 7) is 2.46. The molecule has 3 heteroatoms. The lowest BCUT2D eigenvalue weighted by Crippen LogP contribution is -2.41. The summed E-state index contributed by atoms with van der Waals surface area (Å²) in [6.07, 6.45) is 6.65. The van der Waals surface area contributed by atoms with Crippen LogP contribution < -0.4 is 0 Å². The molecule has 0 bridgehead atoms. The van der Waals surface area contributed by atoms with Crippen molar-refractivity contribution in [2.45, 2.75) is 50.2 Å². The van der Waals surface area contributed by atoms with Gasteiger partial charge in [0, 0.05) is 19.6 Å². The third-order valence-electron chi connectivity index (χ3n) is 4.40. The van der Waals surface area contributed by atoms with Gasteiger partial charge in [0.1, 0.15) is 0 Å². The van der Waals surface area contributed by atoms with Crippen LogP contribution >= 0.6 is 0 Å². The maximum Gasteiger partial charge on any atom is 0.0939 e. The summed E-state index contributed by atoms with van der Waals surface area (Å²) in [6, 6.07) is 0. The van der Waals surface area contributed by atoms with Crippen LogP contribution in [0.4, 0.5) is 0 Å². The van der Waals surface area contributed by atoms with Crippen molar-refractivity contribution in [3.63, 3.8) is 0 Å². The molecule has 1 spiro atoms. The zero-order valence-corrected chi connectivity index (χ0v) is 9.86. The van der Waals surface area contributed by atoms with E-state index >= 15 is 0 Å². The normalized spacial score (nSPS) is 41.4. The molecule has 2 aliphatic heterocycles. The molecule has 2 saturated heterocycles. The monoisotopic (exact) mass is 226 g/mol. The second kappa shape index (κ2) is 4.28. The minimum absolute atomic E-state index is 0.00614. The first kappa shape index (κ1) is 11.0. The Hall–Kier alpha value is -0.120. The van der Waals surface area contributed by atoms with Gasteiger partial charge in [-0.25, -0.2) is 0 Å². The number of hydrogen-bond donors (Lipinski definition) is 1. The number of aliphatic hydroxyl groups excluding tert-OH is 1. The number of rotatable bonds is 3. The highest BCUT2D eigenvalue weighted by Crippen LogP contribution is 2.41. The SMILES string of the molecule is OC(CC1CCOC2(CCOC2)C1)C1CC1. The van der Waals surface area contributed by atoms with E-state index in [0.717, 1.165) is 45.5 Å². The van der Waals surface area contributed by atoms with Crippen LogP contribution in [0.1, 0.15) is 38.5 Å². The Morgan fingerprint density at radius 1 is 1.25 bits per heavy atom. The summed E-state index contributed by atoms with van der Waals surface area (Å²) >= 11 is 0. The van der Waals surface area contributed by atoms with E-state index < -0.39 is 0 Å². The topological polar surface area (TPSA) is 38.7 Å². The average Bonchev–Trinajstić information content (AvgIpc) is 3.03. The van der Waals surface area contributed by atoms with Gasteiger partial charge >= 0.3 is 0 Å². The van der Waals surface area contributed by atoms with Crippen LogP contribution in [-0.2, 0) is 9.47 Å². The first-order valence-corrected chi connectivity index (χ1v) is 6.67.